The minimum atomic E-state index is -3.72. The van der Waals surface area contributed by atoms with E-state index in [0.29, 0.717) is 11.3 Å². The van der Waals surface area contributed by atoms with E-state index in [2.05, 4.69) is 15.5 Å². The molecule has 3 aromatic rings. The minimum absolute atomic E-state index is 0.0129. The molecular weight excluding hydrogens is 526 g/mol. The molecule has 0 bridgehead atoms. The van der Waals surface area contributed by atoms with Gasteiger partial charge in [-0.25, -0.2) is 8.42 Å². The van der Waals surface area contributed by atoms with Gasteiger partial charge in [-0.15, -0.1) is 5.10 Å². The molecule has 0 aliphatic heterocycles. The molecule has 3 rings (SSSR count). The van der Waals surface area contributed by atoms with E-state index in [0.717, 1.165) is 16.7 Å². The summed E-state index contributed by atoms with van der Waals surface area (Å²) in [7, 11) is -3.72. The molecule has 1 aromatic heterocycles. The third-order valence-electron chi connectivity index (χ3n) is 5.58. The molecular formula is C28H32ClN3O5S. The number of carbonyl (C=O) groups excluding carboxylic acids is 2. The summed E-state index contributed by atoms with van der Waals surface area (Å²) in [5.41, 5.74) is 3.41. The van der Waals surface area contributed by atoms with Crippen LogP contribution in [0.2, 0.25) is 5.15 Å². The van der Waals surface area contributed by atoms with Crippen molar-refractivity contribution in [3.8, 4) is 11.1 Å². The first-order valence-corrected chi connectivity index (χ1v) is 14.2. The normalized spacial score (nSPS) is 11.7. The summed E-state index contributed by atoms with van der Waals surface area (Å²) in [5, 5.41) is 11.1. The third-order valence-corrected chi connectivity index (χ3v) is 7.54. The number of esters is 1. The molecule has 0 radical (unpaired) electrons. The van der Waals surface area contributed by atoms with Crippen LogP contribution < -0.4 is 5.32 Å². The summed E-state index contributed by atoms with van der Waals surface area (Å²) in [4.78, 5) is 25.0. The summed E-state index contributed by atoms with van der Waals surface area (Å²) in [6.07, 6.45) is 0.102. The van der Waals surface area contributed by atoms with E-state index < -0.39 is 27.3 Å². The van der Waals surface area contributed by atoms with Gasteiger partial charge in [0.05, 0.1) is 22.9 Å². The Bertz CT molecular complexity index is 1450. The number of sulfone groups is 1. The molecule has 0 fully saturated rings. The van der Waals surface area contributed by atoms with Gasteiger partial charge in [0.2, 0.25) is 0 Å². The SMILES string of the molecule is Cc1cc(C(=O)NCc2nnc(Cl)cc2-c2ccccc2C)cc(S(=O)(=O)CCCC(=O)OC(C)(C)C)c1. The average Bonchev–Trinajstić information content (AvgIpc) is 2.81. The van der Waals surface area contributed by atoms with Crippen molar-refractivity contribution in [3.63, 3.8) is 0 Å². The lowest BCUT2D eigenvalue weighted by Crippen LogP contribution is -2.25. The van der Waals surface area contributed by atoms with Crippen LogP contribution in [0.25, 0.3) is 11.1 Å². The third kappa shape index (κ3) is 8.10. The second-order valence-electron chi connectivity index (χ2n) is 10.1. The zero-order valence-corrected chi connectivity index (χ0v) is 23.7. The van der Waals surface area contributed by atoms with Gasteiger partial charge < -0.3 is 10.1 Å². The fraction of sp³-hybridized carbons (Fsp3) is 0.357. The summed E-state index contributed by atoms with van der Waals surface area (Å²) >= 11 is 6.09. The Labute approximate surface area is 228 Å². The van der Waals surface area contributed by atoms with E-state index in [9.17, 15) is 18.0 Å². The number of aromatic nitrogens is 2. The Balaban J connectivity index is 1.73. The molecule has 0 atom stereocenters. The first-order valence-electron chi connectivity index (χ1n) is 12.2. The molecule has 0 unspecified atom stereocenters. The maximum Gasteiger partial charge on any atom is 0.306 e. The first kappa shape index (κ1) is 29.3. The van der Waals surface area contributed by atoms with Crippen LogP contribution in [0.5, 0.6) is 0 Å². The van der Waals surface area contributed by atoms with E-state index in [-0.39, 0.29) is 40.8 Å². The van der Waals surface area contributed by atoms with Gasteiger partial charge in [0.1, 0.15) is 5.60 Å². The molecule has 0 aliphatic rings. The largest absolute Gasteiger partial charge is 0.460 e. The predicted molar refractivity (Wildman–Crippen MR) is 147 cm³/mol. The van der Waals surface area contributed by atoms with Crippen molar-refractivity contribution in [2.75, 3.05) is 5.75 Å². The van der Waals surface area contributed by atoms with Gasteiger partial charge in [-0.3, -0.25) is 9.59 Å². The van der Waals surface area contributed by atoms with Crippen LogP contribution in [0.4, 0.5) is 0 Å². The topological polar surface area (TPSA) is 115 Å². The van der Waals surface area contributed by atoms with Crippen molar-refractivity contribution in [1.82, 2.24) is 15.5 Å². The Morgan fingerprint density at radius 1 is 1.00 bits per heavy atom. The molecule has 1 heterocycles. The lowest BCUT2D eigenvalue weighted by Gasteiger charge is -2.19. The molecule has 38 heavy (non-hydrogen) atoms. The van der Waals surface area contributed by atoms with Gasteiger partial charge in [-0.05, 0) is 82.0 Å². The fourth-order valence-electron chi connectivity index (χ4n) is 3.87. The number of ether oxygens (including phenoxy) is 1. The lowest BCUT2D eigenvalue weighted by molar-refractivity contribution is -0.154. The standard InChI is InChI=1S/C28H32ClN3O5S/c1-18-13-20(15-21(14-18)38(35,36)12-8-11-26(33)37-28(3,4)5)27(34)30-17-24-23(16-25(29)32-31-24)22-10-7-6-9-19(22)2/h6-7,9-10,13-16H,8,11-12,17H2,1-5H3,(H,30,34). The molecule has 1 amide bonds. The fourth-order valence-corrected chi connectivity index (χ4v) is 5.45. The number of nitrogens with zero attached hydrogens (tertiary/aromatic N) is 2. The maximum atomic E-state index is 13.0. The molecule has 1 N–H and O–H groups in total. The number of amides is 1. The van der Waals surface area contributed by atoms with E-state index in [1.54, 1.807) is 39.8 Å². The van der Waals surface area contributed by atoms with E-state index in [1.807, 2.05) is 31.2 Å². The number of nitrogens with one attached hydrogen (secondary N) is 1. The second kappa shape index (κ2) is 12.0. The predicted octanol–water partition coefficient (Wildman–Crippen LogP) is 5.24. The van der Waals surface area contributed by atoms with Crippen molar-refractivity contribution in [2.45, 2.75) is 64.5 Å². The molecule has 10 heteroatoms. The van der Waals surface area contributed by atoms with Gasteiger partial charge in [0, 0.05) is 17.5 Å². The highest BCUT2D eigenvalue weighted by Gasteiger charge is 2.21. The molecule has 0 aliphatic carbocycles. The molecule has 8 nitrogen and oxygen atoms in total. The van der Waals surface area contributed by atoms with Crippen molar-refractivity contribution >= 4 is 33.3 Å². The number of hydrogen-bond donors (Lipinski definition) is 1. The van der Waals surface area contributed by atoms with Crippen molar-refractivity contribution < 1.29 is 22.7 Å². The van der Waals surface area contributed by atoms with Crippen LogP contribution in [0.15, 0.2) is 53.4 Å². The van der Waals surface area contributed by atoms with Gasteiger partial charge in [-0.1, -0.05) is 35.9 Å². The zero-order chi connectivity index (χ0) is 28.1. The van der Waals surface area contributed by atoms with Crippen molar-refractivity contribution in [1.29, 1.82) is 0 Å². The highest BCUT2D eigenvalue weighted by atomic mass is 35.5. The Morgan fingerprint density at radius 2 is 1.71 bits per heavy atom. The minimum Gasteiger partial charge on any atom is -0.460 e. The van der Waals surface area contributed by atoms with E-state index >= 15 is 0 Å². The number of halogens is 1. The summed E-state index contributed by atoms with van der Waals surface area (Å²) in [6.45, 7) is 9.02. The molecule has 2 aromatic carbocycles. The van der Waals surface area contributed by atoms with Crippen LogP contribution >= 0.6 is 11.6 Å². The van der Waals surface area contributed by atoms with E-state index in [1.165, 1.54) is 12.1 Å². The highest BCUT2D eigenvalue weighted by molar-refractivity contribution is 7.91. The average molecular weight is 558 g/mol. The number of benzene rings is 2. The van der Waals surface area contributed by atoms with Crippen LogP contribution in [-0.2, 0) is 25.9 Å². The quantitative estimate of drug-likeness (QED) is 0.358. The highest BCUT2D eigenvalue weighted by Crippen LogP contribution is 2.27. The Hall–Kier alpha value is -3.30. The summed E-state index contributed by atoms with van der Waals surface area (Å²) < 4.78 is 31.1. The second-order valence-corrected chi connectivity index (χ2v) is 12.6. The lowest BCUT2D eigenvalue weighted by atomic mass is 10.00. The van der Waals surface area contributed by atoms with Gasteiger partial charge in [0.15, 0.2) is 15.0 Å². The Morgan fingerprint density at radius 3 is 2.39 bits per heavy atom. The Kier molecular flexibility index (Phi) is 9.27. The van der Waals surface area contributed by atoms with Gasteiger partial charge in [0.25, 0.3) is 5.91 Å². The van der Waals surface area contributed by atoms with Gasteiger partial charge in [-0.2, -0.15) is 5.10 Å². The van der Waals surface area contributed by atoms with Crippen molar-refractivity contribution in [2.24, 2.45) is 0 Å². The molecule has 0 saturated carbocycles. The van der Waals surface area contributed by atoms with Crippen molar-refractivity contribution in [3.05, 3.63) is 76.1 Å². The van der Waals surface area contributed by atoms with E-state index in [4.69, 9.17) is 16.3 Å². The summed E-state index contributed by atoms with van der Waals surface area (Å²) in [5.74, 6) is -1.14. The zero-order valence-electron chi connectivity index (χ0n) is 22.2. The molecule has 0 saturated heterocycles. The smallest absolute Gasteiger partial charge is 0.306 e. The first-order chi connectivity index (χ1) is 17.7. The number of aryl methyl sites for hydroxylation is 2. The van der Waals surface area contributed by atoms with Crippen LogP contribution in [-0.4, -0.2) is 41.8 Å². The molecule has 0 spiro atoms. The van der Waals surface area contributed by atoms with Crippen LogP contribution in [0.1, 0.15) is 60.8 Å². The van der Waals surface area contributed by atoms with Crippen LogP contribution in [0, 0.1) is 13.8 Å². The number of rotatable bonds is 9. The van der Waals surface area contributed by atoms with Gasteiger partial charge >= 0.3 is 5.97 Å². The maximum absolute atomic E-state index is 13.0. The monoisotopic (exact) mass is 557 g/mol. The number of hydrogen-bond acceptors (Lipinski definition) is 7. The summed E-state index contributed by atoms with van der Waals surface area (Å²) in [6, 6.07) is 13.9. The van der Waals surface area contributed by atoms with Crippen LogP contribution in [0.3, 0.4) is 0 Å². The molecule has 202 valence electrons. The number of carbonyl (C=O) groups is 2.